The van der Waals surface area contributed by atoms with E-state index in [0.29, 0.717) is 25.5 Å². The molecule has 1 saturated heterocycles. The molecule has 2 N–H and O–H groups in total. The fourth-order valence-corrected chi connectivity index (χ4v) is 6.73. The minimum atomic E-state index is -4.53. The number of carbonyl (C=O) groups is 1. The van der Waals surface area contributed by atoms with Gasteiger partial charge in [0, 0.05) is 51.3 Å². The summed E-state index contributed by atoms with van der Waals surface area (Å²) in [6.45, 7) is 3.66. The largest absolute Gasteiger partial charge is 0.418 e. The van der Waals surface area contributed by atoms with Crippen molar-refractivity contribution in [1.29, 1.82) is 0 Å². The van der Waals surface area contributed by atoms with E-state index >= 15 is 0 Å². The first-order valence-electron chi connectivity index (χ1n) is 11.5. The van der Waals surface area contributed by atoms with Gasteiger partial charge in [0.25, 0.3) is 15.9 Å². The van der Waals surface area contributed by atoms with Crippen LogP contribution in [0.3, 0.4) is 0 Å². The van der Waals surface area contributed by atoms with Gasteiger partial charge in [-0.3, -0.25) is 15.0 Å². The van der Waals surface area contributed by atoms with Crippen molar-refractivity contribution < 1.29 is 31.1 Å². The van der Waals surface area contributed by atoms with Crippen molar-refractivity contribution in [3.05, 3.63) is 36.3 Å². The number of alkyl halides is 3. The van der Waals surface area contributed by atoms with Crippen molar-refractivity contribution in [2.75, 3.05) is 57.1 Å². The minimum absolute atomic E-state index is 0.0302. The number of ether oxygens (including phenoxy) is 1. The Morgan fingerprint density at radius 2 is 1.92 bits per heavy atom. The van der Waals surface area contributed by atoms with Gasteiger partial charge < -0.3 is 10.1 Å². The van der Waals surface area contributed by atoms with E-state index < -0.39 is 27.7 Å². The number of halogens is 3. The van der Waals surface area contributed by atoms with E-state index in [4.69, 9.17) is 4.74 Å². The number of rotatable bonds is 9. The Morgan fingerprint density at radius 3 is 2.61 bits per heavy atom. The summed E-state index contributed by atoms with van der Waals surface area (Å²) in [4.78, 5) is 25.6. The number of aromatic nitrogens is 3. The Bertz CT molecular complexity index is 1390. The monoisotopic (exact) mass is 573 g/mol. The molecule has 0 radical (unpaired) electrons. The SMILES string of the molecule is COCC(=O)Nc1ncc(S(=O)(=O)N2CCN(CC(C)Nc3ncnc4c(C(F)(F)F)cccc34)CC2)s1. The standard InChI is InChI=1S/C22H26F3N7O4S2/c1-14(29-20-15-4-3-5-16(22(23,24)25)19(15)27-13-28-20)11-31-6-8-32(9-7-31)38(34,35)18-10-26-21(37-18)30-17(33)12-36-2/h3-5,10,13-14H,6-9,11-12H2,1-2H3,(H,26,30,33)(H,27,28,29). The number of thiazole rings is 1. The van der Waals surface area contributed by atoms with Crippen molar-refractivity contribution in [3.63, 3.8) is 0 Å². The number of amides is 1. The summed E-state index contributed by atoms with van der Waals surface area (Å²) in [5, 5.41) is 6.09. The number of fused-ring (bicyclic) bond motifs is 1. The molecule has 2 aromatic heterocycles. The lowest BCUT2D eigenvalue weighted by atomic mass is 10.1. The molecule has 0 bridgehead atoms. The average Bonchev–Trinajstić information content (AvgIpc) is 3.33. The molecule has 0 spiro atoms. The Morgan fingerprint density at radius 1 is 1.18 bits per heavy atom. The van der Waals surface area contributed by atoms with Crippen molar-refractivity contribution in [2.45, 2.75) is 23.4 Å². The molecule has 206 valence electrons. The van der Waals surface area contributed by atoms with Gasteiger partial charge in [-0.2, -0.15) is 17.5 Å². The zero-order valence-corrected chi connectivity index (χ0v) is 22.2. The first-order valence-corrected chi connectivity index (χ1v) is 13.8. The second kappa shape index (κ2) is 11.4. The predicted molar refractivity (Wildman–Crippen MR) is 135 cm³/mol. The normalized spacial score (nSPS) is 16.4. The lowest BCUT2D eigenvalue weighted by molar-refractivity contribution is -0.136. The van der Waals surface area contributed by atoms with Gasteiger partial charge in [0.15, 0.2) is 9.34 Å². The summed E-state index contributed by atoms with van der Waals surface area (Å²) in [6, 6.07) is 3.66. The average molecular weight is 574 g/mol. The molecule has 0 aliphatic carbocycles. The first kappa shape index (κ1) is 28.1. The number of hydrogen-bond acceptors (Lipinski definition) is 10. The zero-order valence-electron chi connectivity index (χ0n) is 20.5. The fourth-order valence-electron chi connectivity index (χ4n) is 4.10. The van der Waals surface area contributed by atoms with Crippen LogP contribution in [0.15, 0.2) is 34.9 Å². The van der Waals surface area contributed by atoms with Gasteiger partial charge in [-0.25, -0.2) is 23.4 Å². The molecular weight excluding hydrogens is 547 g/mol. The van der Waals surface area contributed by atoms with Crippen LogP contribution in [0.5, 0.6) is 0 Å². The highest BCUT2D eigenvalue weighted by molar-refractivity contribution is 7.91. The molecule has 1 aromatic carbocycles. The number of nitrogens with one attached hydrogen (secondary N) is 2. The van der Waals surface area contributed by atoms with Gasteiger partial charge in [0.2, 0.25) is 0 Å². The third-order valence-electron chi connectivity index (χ3n) is 5.82. The van der Waals surface area contributed by atoms with E-state index in [9.17, 15) is 26.4 Å². The lowest BCUT2D eigenvalue weighted by Crippen LogP contribution is -2.50. The molecule has 1 amide bonds. The highest BCUT2D eigenvalue weighted by Gasteiger charge is 2.34. The summed E-state index contributed by atoms with van der Waals surface area (Å²) in [5.41, 5.74) is -0.996. The number of hydrogen-bond donors (Lipinski definition) is 2. The Hall–Kier alpha value is -2.92. The quantitative estimate of drug-likeness (QED) is 0.397. The van der Waals surface area contributed by atoms with E-state index in [1.807, 2.05) is 6.92 Å². The van der Waals surface area contributed by atoms with Crippen LogP contribution in [-0.2, 0) is 25.7 Å². The van der Waals surface area contributed by atoms with Crippen molar-refractivity contribution >= 4 is 49.1 Å². The number of benzene rings is 1. The number of nitrogens with zero attached hydrogens (tertiary/aromatic N) is 5. The fraction of sp³-hybridized carbons (Fsp3) is 0.455. The summed E-state index contributed by atoms with van der Waals surface area (Å²) in [6.07, 6.45) is -2.21. The van der Waals surface area contributed by atoms with Crippen LogP contribution in [0.1, 0.15) is 12.5 Å². The second-order valence-electron chi connectivity index (χ2n) is 8.64. The molecular formula is C22H26F3N7O4S2. The maximum absolute atomic E-state index is 13.4. The minimum Gasteiger partial charge on any atom is -0.375 e. The summed E-state index contributed by atoms with van der Waals surface area (Å²) >= 11 is 0.869. The predicted octanol–water partition coefficient (Wildman–Crippen LogP) is 2.50. The molecule has 16 heteroatoms. The van der Waals surface area contributed by atoms with Crippen LogP contribution in [0.25, 0.3) is 10.9 Å². The molecule has 3 heterocycles. The third-order valence-corrected chi connectivity index (χ3v) is 9.07. The summed E-state index contributed by atoms with van der Waals surface area (Å²) < 4.78 is 72.3. The second-order valence-corrected chi connectivity index (χ2v) is 11.8. The Labute approximate surface area is 221 Å². The van der Waals surface area contributed by atoms with E-state index in [1.54, 1.807) is 0 Å². The molecule has 1 aliphatic heterocycles. The van der Waals surface area contributed by atoms with Crippen molar-refractivity contribution in [1.82, 2.24) is 24.2 Å². The highest BCUT2D eigenvalue weighted by atomic mass is 32.2. The van der Waals surface area contributed by atoms with Gasteiger partial charge in [0.1, 0.15) is 18.8 Å². The van der Waals surface area contributed by atoms with Crippen LogP contribution in [0.2, 0.25) is 0 Å². The third kappa shape index (κ3) is 6.37. The highest BCUT2D eigenvalue weighted by Crippen LogP contribution is 2.35. The van der Waals surface area contributed by atoms with E-state index in [1.165, 1.54) is 29.7 Å². The van der Waals surface area contributed by atoms with Gasteiger partial charge in [-0.05, 0) is 19.1 Å². The molecule has 1 aliphatic rings. The molecule has 0 saturated carbocycles. The number of sulfonamides is 1. The number of anilines is 2. The van der Waals surface area contributed by atoms with Crippen molar-refractivity contribution in [3.8, 4) is 0 Å². The van der Waals surface area contributed by atoms with E-state index in [-0.39, 0.29) is 46.0 Å². The number of piperazine rings is 1. The first-order chi connectivity index (χ1) is 18.0. The van der Waals surface area contributed by atoms with Crippen LogP contribution in [-0.4, -0.2) is 91.0 Å². The Kier molecular flexibility index (Phi) is 8.46. The maximum Gasteiger partial charge on any atom is 0.418 e. The van der Waals surface area contributed by atoms with Gasteiger partial charge in [-0.15, -0.1) is 0 Å². The van der Waals surface area contributed by atoms with Crippen LogP contribution in [0, 0.1) is 0 Å². The summed E-state index contributed by atoms with van der Waals surface area (Å²) in [5.74, 6) is -0.133. The van der Waals surface area contributed by atoms with Crippen LogP contribution < -0.4 is 10.6 Å². The van der Waals surface area contributed by atoms with E-state index in [2.05, 4.69) is 30.5 Å². The van der Waals surface area contributed by atoms with Gasteiger partial charge in [0.05, 0.1) is 17.3 Å². The zero-order chi connectivity index (χ0) is 27.5. The molecule has 38 heavy (non-hydrogen) atoms. The molecule has 1 unspecified atom stereocenters. The Balaban J connectivity index is 1.35. The summed E-state index contributed by atoms with van der Waals surface area (Å²) in [7, 11) is -2.40. The van der Waals surface area contributed by atoms with E-state index in [0.717, 1.165) is 23.7 Å². The molecule has 1 fully saturated rings. The number of carbonyl (C=O) groups excluding carboxylic acids is 1. The van der Waals surface area contributed by atoms with Crippen LogP contribution in [0.4, 0.5) is 24.1 Å². The smallest absolute Gasteiger partial charge is 0.375 e. The van der Waals surface area contributed by atoms with Gasteiger partial charge in [-0.1, -0.05) is 17.4 Å². The molecule has 3 aromatic rings. The lowest BCUT2D eigenvalue weighted by Gasteiger charge is -2.35. The number of methoxy groups -OCH3 is 1. The number of para-hydroxylation sites is 1. The topological polar surface area (TPSA) is 130 Å². The maximum atomic E-state index is 13.4. The molecule has 4 rings (SSSR count). The van der Waals surface area contributed by atoms with Gasteiger partial charge >= 0.3 is 6.18 Å². The molecule has 1 atom stereocenters. The van der Waals surface area contributed by atoms with Crippen LogP contribution >= 0.6 is 11.3 Å². The molecule has 11 nitrogen and oxygen atoms in total. The van der Waals surface area contributed by atoms with Crippen molar-refractivity contribution in [2.24, 2.45) is 0 Å².